The first-order chi connectivity index (χ1) is 8.31. The van der Waals surface area contributed by atoms with Gasteiger partial charge in [-0.05, 0) is 31.5 Å². The maximum atomic E-state index is 11.5. The molecule has 0 atom stereocenters. The highest BCUT2D eigenvalue weighted by atomic mass is 16.5. The Bertz CT molecular complexity index is 454. The predicted molar refractivity (Wildman–Crippen MR) is 66.9 cm³/mol. The van der Waals surface area contributed by atoms with Gasteiger partial charge < -0.3 is 15.6 Å². The van der Waals surface area contributed by atoms with Crippen LogP contribution in [0.2, 0.25) is 0 Å². The lowest BCUT2D eigenvalue weighted by molar-refractivity contribution is -0.156. The largest absolute Gasteiger partial charge is 0.481 e. The fraction of sp³-hybridized carbons (Fsp3) is 0.385. The molecular weight excluding hydrogens is 234 g/mol. The van der Waals surface area contributed by atoms with Crippen LogP contribution in [0.15, 0.2) is 24.3 Å². The summed E-state index contributed by atoms with van der Waals surface area (Å²) in [7, 11) is 0. The van der Waals surface area contributed by atoms with Crippen molar-refractivity contribution in [1.82, 2.24) is 0 Å². The minimum Gasteiger partial charge on any atom is -0.481 e. The molecule has 0 unspecified atom stereocenters. The normalized spacial score (nSPS) is 11.0. The van der Waals surface area contributed by atoms with Crippen LogP contribution in [0.5, 0.6) is 0 Å². The molecule has 98 valence electrons. The van der Waals surface area contributed by atoms with Crippen LogP contribution in [-0.4, -0.2) is 23.7 Å². The highest BCUT2D eigenvalue weighted by Gasteiger charge is 2.28. The molecule has 0 aliphatic carbocycles. The van der Waals surface area contributed by atoms with Crippen molar-refractivity contribution in [2.45, 2.75) is 20.3 Å². The Morgan fingerprint density at radius 2 is 2.06 bits per heavy atom. The topological polar surface area (TPSA) is 89.6 Å². The molecule has 3 N–H and O–H groups in total. The zero-order valence-electron chi connectivity index (χ0n) is 10.5. The Labute approximate surface area is 106 Å². The average molecular weight is 251 g/mol. The SMILES string of the molecule is CC(C)(COC(=O)Cc1cccc(N)c1)C(=O)O. The number of hydrogen-bond donors (Lipinski definition) is 2. The van der Waals surface area contributed by atoms with Gasteiger partial charge in [-0.15, -0.1) is 0 Å². The number of carbonyl (C=O) groups excluding carboxylic acids is 1. The lowest BCUT2D eigenvalue weighted by Crippen LogP contribution is -2.30. The Balaban J connectivity index is 2.50. The van der Waals surface area contributed by atoms with E-state index >= 15 is 0 Å². The number of carboxylic acids is 1. The Hall–Kier alpha value is -2.04. The summed E-state index contributed by atoms with van der Waals surface area (Å²) in [5.41, 5.74) is 5.83. The first-order valence-corrected chi connectivity index (χ1v) is 5.55. The van der Waals surface area contributed by atoms with Crippen molar-refractivity contribution in [3.63, 3.8) is 0 Å². The fourth-order valence-corrected chi connectivity index (χ4v) is 1.24. The van der Waals surface area contributed by atoms with Crippen molar-refractivity contribution in [2.75, 3.05) is 12.3 Å². The van der Waals surface area contributed by atoms with Gasteiger partial charge in [-0.2, -0.15) is 0 Å². The van der Waals surface area contributed by atoms with Gasteiger partial charge in [-0.1, -0.05) is 12.1 Å². The van der Waals surface area contributed by atoms with E-state index in [1.54, 1.807) is 24.3 Å². The van der Waals surface area contributed by atoms with Crippen molar-refractivity contribution < 1.29 is 19.4 Å². The van der Waals surface area contributed by atoms with Crippen LogP contribution in [0.3, 0.4) is 0 Å². The monoisotopic (exact) mass is 251 g/mol. The second kappa shape index (κ2) is 5.53. The highest BCUT2D eigenvalue weighted by Crippen LogP contribution is 2.16. The summed E-state index contributed by atoms with van der Waals surface area (Å²) in [5, 5.41) is 8.87. The summed E-state index contributed by atoms with van der Waals surface area (Å²) < 4.78 is 4.95. The molecule has 0 amide bonds. The Morgan fingerprint density at radius 1 is 1.39 bits per heavy atom. The van der Waals surface area contributed by atoms with Crippen LogP contribution >= 0.6 is 0 Å². The number of aliphatic carboxylic acids is 1. The standard InChI is InChI=1S/C13H17NO4/c1-13(2,12(16)17)8-18-11(15)7-9-4-3-5-10(14)6-9/h3-6H,7-8,14H2,1-2H3,(H,16,17). The van der Waals surface area contributed by atoms with Crippen molar-refractivity contribution in [1.29, 1.82) is 0 Å². The zero-order chi connectivity index (χ0) is 13.8. The first kappa shape index (κ1) is 14.0. The molecule has 0 bridgehead atoms. The van der Waals surface area contributed by atoms with Crippen LogP contribution in [0.1, 0.15) is 19.4 Å². The Morgan fingerprint density at radius 3 is 2.61 bits per heavy atom. The lowest BCUT2D eigenvalue weighted by atomic mass is 9.95. The van der Waals surface area contributed by atoms with Crippen LogP contribution in [-0.2, 0) is 20.7 Å². The minimum absolute atomic E-state index is 0.0841. The second-order valence-electron chi connectivity index (χ2n) is 4.77. The van der Waals surface area contributed by atoms with Gasteiger partial charge in [0.15, 0.2) is 0 Å². The van der Waals surface area contributed by atoms with Gasteiger partial charge in [0.1, 0.15) is 6.61 Å². The van der Waals surface area contributed by atoms with E-state index in [1.807, 2.05) is 0 Å². The third-order valence-corrected chi connectivity index (χ3v) is 2.47. The van der Waals surface area contributed by atoms with Crippen LogP contribution in [0, 0.1) is 5.41 Å². The number of anilines is 1. The van der Waals surface area contributed by atoms with Crippen molar-refractivity contribution in [3.8, 4) is 0 Å². The van der Waals surface area contributed by atoms with E-state index in [0.717, 1.165) is 5.56 Å². The third kappa shape index (κ3) is 4.08. The number of benzene rings is 1. The molecule has 1 rings (SSSR count). The van der Waals surface area contributed by atoms with Gasteiger partial charge in [-0.3, -0.25) is 9.59 Å². The van der Waals surface area contributed by atoms with Crippen molar-refractivity contribution in [3.05, 3.63) is 29.8 Å². The molecular formula is C13H17NO4. The summed E-state index contributed by atoms with van der Waals surface area (Å²) in [6.07, 6.45) is 0.0841. The molecule has 0 aliphatic rings. The minimum atomic E-state index is -1.08. The summed E-state index contributed by atoms with van der Waals surface area (Å²) in [6.45, 7) is 2.86. The van der Waals surface area contributed by atoms with Gasteiger partial charge in [0.25, 0.3) is 0 Å². The molecule has 1 aromatic carbocycles. The van der Waals surface area contributed by atoms with Gasteiger partial charge in [0, 0.05) is 5.69 Å². The molecule has 18 heavy (non-hydrogen) atoms. The molecule has 0 saturated carbocycles. The number of ether oxygens (including phenoxy) is 1. The lowest BCUT2D eigenvalue weighted by Gasteiger charge is -2.18. The number of carboxylic acid groups (broad SMARTS) is 1. The number of rotatable bonds is 5. The molecule has 0 spiro atoms. The number of nitrogen functional groups attached to an aromatic ring is 1. The van der Waals surface area contributed by atoms with Crippen molar-refractivity contribution >= 4 is 17.6 Å². The molecule has 0 aromatic heterocycles. The van der Waals surface area contributed by atoms with E-state index in [0.29, 0.717) is 5.69 Å². The molecule has 5 heteroatoms. The fourth-order valence-electron chi connectivity index (χ4n) is 1.24. The summed E-state index contributed by atoms with van der Waals surface area (Å²) >= 11 is 0. The third-order valence-electron chi connectivity index (χ3n) is 2.47. The summed E-state index contributed by atoms with van der Waals surface area (Å²) in [4.78, 5) is 22.4. The first-order valence-electron chi connectivity index (χ1n) is 5.55. The van der Waals surface area contributed by atoms with E-state index < -0.39 is 17.4 Å². The number of esters is 1. The molecule has 5 nitrogen and oxygen atoms in total. The molecule has 0 saturated heterocycles. The Kier molecular flexibility index (Phi) is 4.31. The summed E-state index contributed by atoms with van der Waals surface area (Å²) in [6, 6.07) is 6.92. The molecule has 0 radical (unpaired) electrons. The molecule has 1 aromatic rings. The smallest absolute Gasteiger partial charge is 0.312 e. The maximum Gasteiger partial charge on any atom is 0.312 e. The summed E-state index contributed by atoms with van der Waals surface area (Å²) in [5.74, 6) is -1.46. The van der Waals surface area contributed by atoms with E-state index in [-0.39, 0.29) is 13.0 Å². The van der Waals surface area contributed by atoms with Crippen LogP contribution < -0.4 is 5.73 Å². The van der Waals surface area contributed by atoms with Gasteiger partial charge in [0.05, 0.1) is 11.8 Å². The van der Waals surface area contributed by atoms with E-state index in [1.165, 1.54) is 13.8 Å². The molecule has 0 fully saturated rings. The van der Waals surface area contributed by atoms with Crippen LogP contribution in [0.25, 0.3) is 0 Å². The number of carbonyl (C=O) groups is 2. The second-order valence-corrected chi connectivity index (χ2v) is 4.77. The quantitative estimate of drug-likeness (QED) is 0.611. The van der Waals surface area contributed by atoms with E-state index in [4.69, 9.17) is 15.6 Å². The number of hydrogen-bond acceptors (Lipinski definition) is 4. The highest BCUT2D eigenvalue weighted by molar-refractivity contribution is 5.76. The zero-order valence-corrected chi connectivity index (χ0v) is 10.5. The predicted octanol–water partition coefficient (Wildman–Crippen LogP) is 1.47. The van der Waals surface area contributed by atoms with Gasteiger partial charge in [0.2, 0.25) is 0 Å². The molecule has 0 aliphatic heterocycles. The number of nitrogens with two attached hydrogens (primary N) is 1. The van der Waals surface area contributed by atoms with Crippen molar-refractivity contribution in [2.24, 2.45) is 5.41 Å². The van der Waals surface area contributed by atoms with Gasteiger partial charge >= 0.3 is 11.9 Å². The molecule has 0 heterocycles. The van der Waals surface area contributed by atoms with E-state index in [9.17, 15) is 9.59 Å². The maximum absolute atomic E-state index is 11.5. The van der Waals surface area contributed by atoms with Crippen LogP contribution in [0.4, 0.5) is 5.69 Å². The van der Waals surface area contributed by atoms with E-state index in [2.05, 4.69) is 0 Å². The average Bonchev–Trinajstić information content (AvgIpc) is 2.26. The van der Waals surface area contributed by atoms with Gasteiger partial charge in [-0.25, -0.2) is 0 Å².